The summed E-state index contributed by atoms with van der Waals surface area (Å²) in [6.07, 6.45) is 0.582. The first-order valence-electron chi connectivity index (χ1n) is 11.0. The Bertz CT molecular complexity index is 429. The van der Waals surface area contributed by atoms with E-state index in [0.717, 1.165) is 19.8 Å². The van der Waals surface area contributed by atoms with Crippen LogP contribution in [0.25, 0.3) is 0 Å². The van der Waals surface area contributed by atoms with Crippen molar-refractivity contribution < 1.29 is 42.6 Å². The molecule has 9 heteroatoms. The molecular formula is C27H62O9. The summed E-state index contributed by atoms with van der Waals surface area (Å²) in [6, 6.07) is 0. The third-order valence-corrected chi connectivity index (χ3v) is 4.79. The van der Waals surface area contributed by atoms with E-state index in [4.69, 9.17) is 42.6 Å². The van der Waals surface area contributed by atoms with Crippen molar-refractivity contribution in [2.75, 3.05) is 72.7 Å². The molecule has 3 saturated heterocycles. The average molecular weight is 531 g/mol. The molecule has 0 aliphatic carbocycles. The van der Waals surface area contributed by atoms with Crippen molar-refractivity contribution in [3.05, 3.63) is 0 Å². The van der Waals surface area contributed by atoms with Gasteiger partial charge in [0.15, 0.2) is 0 Å². The van der Waals surface area contributed by atoms with E-state index >= 15 is 0 Å². The summed E-state index contributed by atoms with van der Waals surface area (Å²) in [5.74, 6) is 0. The monoisotopic (exact) mass is 530 g/mol. The van der Waals surface area contributed by atoms with E-state index in [-0.39, 0.29) is 87.3 Å². The minimum absolute atomic E-state index is 0. The average Bonchev–Trinajstić information content (AvgIpc) is 3.56. The van der Waals surface area contributed by atoms with E-state index in [2.05, 4.69) is 0 Å². The fraction of sp³-hybridized carbons (Fsp3) is 1.00. The molecule has 0 saturated carbocycles. The van der Waals surface area contributed by atoms with E-state index in [1.807, 2.05) is 20.8 Å². The van der Waals surface area contributed by atoms with Gasteiger partial charge in [-0.2, -0.15) is 0 Å². The lowest BCUT2D eigenvalue weighted by Crippen LogP contribution is -2.32. The van der Waals surface area contributed by atoms with Crippen LogP contribution in [0.4, 0.5) is 0 Å². The third-order valence-electron chi connectivity index (χ3n) is 4.79. The molecule has 3 fully saturated rings. The largest absolute Gasteiger partial charge is 0.376 e. The number of ether oxygens (including phenoxy) is 9. The molecule has 3 aliphatic heterocycles. The first-order chi connectivity index (χ1) is 14.6. The van der Waals surface area contributed by atoms with Crippen molar-refractivity contribution in [2.45, 2.75) is 108 Å². The van der Waals surface area contributed by atoms with Gasteiger partial charge in [0, 0.05) is 0 Å². The molecule has 9 nitrogen and oxygen atoms in total. The molecule has 6 unspecified atom stereocenters. The second-order valence-electron chi connectivity index (χ2n) is 8.33. The first-order valence-corrected chi connectivity index (χ1v) is 11.0. The fourth-order valence-electron chi connectivity index (χ4n) is 2.60. The molecule has 3 rings (SSSR count). The van der Waals surface area contributed by atoms with Gasteiger partial charge < -0.3 is 42.6 Å². The SMILES string of the molecule is C.C.C.C.C.C.CC(COCC(COCC(C)OCC1CO1)OCC(C)OCC1CO1)OCC1CO1. The highest BCUT2D eigenvalue weighted by Crippen LogP contribution is 2.12. The Kier molecular flexibility index (Phi) is 28.2. The summed E-state index contributed by atoms with van der Waals surface area (Å²) in [4.78, 5) is 0. The molecule has 3 heterocycles. The quantitative estimate of drug-likeness (QED) is 0.209. The molecule has 0 bridgehead atoms. The van der Waals surface area contributed by atoms with Gasteiger partial charge in [0.1, 0.15) is 24.4 Å². The standard InChI is InChI=1S/C21H38O9.6CH4/c1-15(24-9-19-12-28-19)4-22-7-18(27-6-17(3)26-11-21-14-30-21)8-23-5-16(2)25-10-20-13-29-20;;;;;;/h15-21H,4-14H2,1-3H3;6*1H4. The van der Waals surface area contributed by atoms with Gasteiger partial charge in [0.25, 0.3) is 0 Å². The van der Waals surface area contributed by atoms with Crippen LogP contribution in [-0.2, 0) is 42.6 Å². The summed E-state index contributed by atoms with van der Waals surface area (Å²) in [5.41, 5.74) is 0. The normalized spacial score (nSPS) is 23.9. The van der Waals surface area contributed by atoms with Gasteiger partial charge in [-0.25, -0.2) is 0 Å². The Labute approximate surface area is 223 Å². The van der Waals surface area contributed by atoms with E-state index in [0.29, 0.717) is 52.9 Å². The van der Waals surface area contributed by atoms with Crippen LogP contribution in [-0.4, -0.2) is 115 Å². The highest BCUT2D eigenvalue weighted by atomic mass is 16.6. The topological polar surface area (TPSA) is 93.0 Å². The molecular weight excluding hydrogens is 468 g/mol. The van der Waals surface area contributed by atoms with Crippen LogP contribution >= 0.6 is 0 Å². The summed E-state index contributed by atoms with van der Waals surface area (Å²) in [6.45, 7) is 12.5. The van der Waals surface area contributed by atoms with Crippen LogP contribution in [0.1, 0.15) is 65.3 Å². The lowest BCUT2D eigenvalue weighted by atomic mass is 10.3. The van der Waals surface area contributed by atoms with E-state index < -0.39 is 0 Å². The van der Waals surface area contributed by atoms with Gasteiger partial charge >= 0.3 is 0 Å². The molecule has 0 aromatic carbocycles. The summed E-state index contributed by atoms with van der Waals surface area (Å²) < 4.78 is 50.2. The van der Waals surface area contributed by atoms with Gasteiger partial charge in [-0.15, -0.1) is 0 Å². The van der Waals surface area contributed by atoms with Crippen LogP contribution in [0.5, 0.6) is 0 Å². The maximum absolute atomic E-state index is 6.00. The molecule has 0 N–H and O–H groups in total. The molecule has 3 aliphatic rings. The predicted octanol–water partition coefficient (Wildman–Crippen LogP) is 4.63. The molecule has 0 radical (unpaired) electrons. The number of hydrogen-bond acceptors (Lipinski definition) is 9. The van der Waals surface area contributed by atoms with Crippen molar-refractivity contribution in [3.63, 3.8) is 0 Å². The van der Waals surface area contributed by atoms with Crippen LogP contribution in [0.2, 0.25) is 0 Å². The summed E-state index contributed by atoms with van der Waals surface area (Å²) >= 11 is 0. The minimum Gasteiger partial charge on any atom is -0.376 e. The zero-order chi connectivity index (χ0) is 21.2. The van der Waals surface area contributed by atoms with E-state index in [9.17, 15) is 0 Å². The zero-order valence-corrected chi connectivity index (χ0v) is 18.5. The van der Waals surface area contributed by atoms with Crippen LogP contribution < -0.4 is 0 Å². The Morgan fingerprint density at radius 3 is 1.11 bits per heavy atom. The van der Waals surface area contributed by atoms with Crippen molar-refractivity contribution in [3.8, 4) is 0 Å². The van der Waals surface area contributed by atoms with Crippen molar-refractivity contribution in [1.29, 1.82) is 0 Å². The number of epoxide rings is 3. The summed E-state index contributed by atoms with van der Waals surface area (Å²) in [7, 11) is 0. The molecule has 6 atom stereocenters. The van der Waals surface area contributed by atoms with Crippen LogP contribution in [0.15, 0.2) is 0 Å². The van der Waals surface area contributed by atoms with Gasteiger partial charge in [0.05, 0.1) is 91.0 Å². The third kappa shape index (κ3) is 21.7. The van der Waals surface area contributed by atoms with Gasteiger partial charge in [-0.05, 0) is 20.8 Å². The zero-order valence-electron chi connectivity index (χ0n) is 18.5. The lowest BCUT2D eigenvalue weighted by molar-refractivity contribution is -0.109. The van der Waals surface area contributed by atoms with Gasteiger partial charge in [0.2, 0.25) is 0 Å². The maximum atomic E-state index is 6.00. The molecule has 0 amide bonds. The molecule has 224 valence electrons. The van der Waals surface area contributed by atoms with E-state index in [1.165, 1.54) is 0 Å². The van der Waals surface area contributed by atoms with Gasteiger partial charge in [-0.3, -0.25) is 0 Å². The predicted molar refractivity (Wildman–Crippen MR) is 147 cm³/mol. The molecule has 36 heavy (non-hydrogen) atoms. The Balaban J connectivity index is -0.000000853. The highest BCUT2D eigenvalue weighted by Gasteiger charge is 2.25. The van der Waals surface area contributed by atoms with E-state index in [1.54, 1.807) is 0 Å². The number of rotatable bonds is 20. The van der Waals surface area contributed by atoms with Crippen molar-refractivity contribution in [1.82, 2.24) is 0 Å². The Morgan fingerprint density at radius 1 is 0.500 bits per heavy atom. The van der Waals surface area contributed by atoms with Crippen LogP contribution in [0, 0.1) is 0 Å². The smallest absolute Gasteiger partial charge is 0.104 e. The molecule has 0 spiro atoms. The first kappa shape index (κ1) is 42.7. The molecule has 0 aromatic rings. The van der Waals surface area contributed by atoms with Crippen molar-refractivity contribution >= 4 is 0 Å². The Hall–Kier alpha value is -0.360. The fourth-order valence-corrected chi connectivity index (χ4v) is 2.60. The lowest BCUT2D eigenvalue weighted by Gasteiger charge is -2.22. The Morgan fingerprint density at radius 2 is 0.806 bits per heavy atom. The maximum Gasteiger partial charge on any atom is 0.104 e. The summed E-state index contributed by atoms with van der Waals surface area (Å²) in [5, 5.41) is 0. The van der Waals surface area contributed by atoms with Crippen molar-refractivity contribution in [2.24, 2.45) is 0 Å². The van der Waals surface area contributed by atoms with Crippen LogP contribution in [0.3, 0.4) is 0 Å². The second-order valence-corrected chi connectivity index (χ2v) is 8.33. The van der Waals surface area contributed by atoms with Gasteiger partial charge in [-0.1, -0.05) is 44.6 Å². The highest BCUT2D eigenvalue weighted by molar-refractivity contribution is 4.70. The second kappa shape index (κ2) is 23.7. The number of hydrogen-bond donors (Lipinski definition) is 0. The minimum atomic E-state index is -0.189. The molecule has 0 aromatic heterocycles.